The summed E-state index contributed by atoms with van der Waals surface area (Å²) in [5, 5.41) is 6.35. The average Bonchev–Trinajstić information content (AvgIpc) is 2.89. The number of nitrogens with one attached hydrogen (secondary N) is 2. The fourth-order valence-corrected chi connectivity index (χ4v) is 2.46. The second-order valence-electron chi connectivity index (χ2n) is 4.87. The van der Waals surface area contributed by atoms with E-state index in [-0.39, 0.29) is 6.03 Å². The molecule has 0 unspecified atom stereocenters. The van der Waals surface area contributed by atoms with Crippen molar-refractivity contribution < 1.29 is 4.79 Å². The van der Waals surface area contributed by atoms with Gasteiger partial charge in [0.2, 0.25) is 0 Å². The van der Waals surface area contributed by atoms with Crippen molar-refractivity contribution in [1.82, 2.24) is 20.4 Å². The minimum absolute atomic E-state index is 0.128. The Hall–Kier alpha value is -0.810. The van der Waals surface area contributed by atoms with Gasteiger partial charge in [0.1, 0.15) is 0 Å². The molecule has 17 heavy (non-hydrogen) atoms. The highest BCUT2D eigenvalue weighted by molar-refractivity contribution is 5.74. The molecule has 5 nitrogen and oxygen atoms in total. The first kappa shape index (κ1) is 12.6. The van der Waals surface area contributed by atoms with Gasteiger partial charge in [0, 0.05) is 45.8 Å². The van der Waals surface area contributed by atoms with Crippen molar-refractivity contribution in [2.45, 2.75) is 19.3 Å². The van der Waals surface area contributed by atoms with Gasteiger partial charge in [0.15, 0.2) is 0 Å². The van der Waals surface area contributed by atoms with Gasteiger partial charge >= 0.3 is 6.03 Å². The fourth-order valence-electron chi connectivity index (χ4n) is 2.46. The minimum atomic E-state index is 0.128. The fraction of sp³-hybridized carbons (Fsp3) is 0.917. The van der Waals surface area contributed by atoms with Gasteiger partial charge in [-0.3, -0.25) is 0 Å². The maximum atomic E-state index is 11.7. The summed E-state index contributed by atoms with van der Waals surface area (Å²) in [6, 6.07) is 0.128. The lowest BCUT2D eigenvalue weighted by Gasteiger charge is -2.27. The van der Waals surface area contributed by atoms with Gasteiger partial charge in [-0.1, -0.05) is 0 Å². The van der Waals surface area contributed by atoms with E-state index in [1.807, 2.05) is 4.90 Å². The number of rotatable bonds is 4. The van der Waals surface area contributed by atoms with Crippen molar-refractivity contribution >= 4 is 6.03 Å². The van der Waals surface area contributed by atoms with Crippen LogP contribution in [0.4, 0.5) is 4.79 Å². The Morgan fingerprint density at radius 1 is 1.12 bits per heavy atom. The highest BCUT2D eigenvalue weighted by Gasteiger charge is 2.17. The smallest absolute Gasteiger partial charge is 0.317 e. The summed E-state index contributed by atoms with van der Waals surface area (Å²) in [6.45, 7) is 8.24. The second kappa shape index (κ2) is 6.81. The van der Waals surface area contributed by atoms with E-state index in [0.717, 1.165) is 71.6 Å². The van der Waals surface area contributed by atoms with Gasteiger partial charge in [-0.25, -0.2) is 4.79 Å². The Balaban J connectivity index is 1.51. The molecule has 0 aromatic carbocycles. The first-order chi connectivity index (χ1) is 8.36. The maximum absolute atomic E-state index is 11.7. The molecule has 2 rings (SSSR count). The lowest BCUT2D eigenvalue weighted by molar-refractivity contribution is 0.206. The average molecular weight is 240 g/mol. The number of hydrogen-bond acceptors (Lipinski definition) is 3. The Morgan fingerprint density at radius 3 is 2.53 bits per heavy atom. The predicted octanol–water partition coefficient (Wildman–Crippen LogP) is 0.0871. The van der Waals surface area contributed by atoms with Crippen LogP contribution in [0.15, 0.2) is 0 Å². The van der Waals surface area contributed by atoms with E-state index in [1.165, 1.54) is 0 Å². The van der Waals surface area contributed by atoms with Gasteiger partial charge in [0.25, 0.3) is 0 Å². The molecule has 0 aromatic rings. The normalized spacial score (nSPS) is 21.8. The maximum Gasteiger partial charge on any atom is 0.317 e. The number of urea groups is 1. The molecule has 2 aliphatic rings. The minimum Gasteiger partial charge on any atom is -0.338 e. The van der Waals surface area contributed by atoms with E-state index >= 15 is 0 Å². The Labute approximate surface area is 104 Å². The number of carbonyl (C=O) groups excluding carboxylic acids is 1. The number of amides is 2. The molecule has 0 atom stereocenters. The SMILES string of the molecule is O=C(NCCCN1CCNCC1)N1CCCC1. The monoisotopic (exact) mass is 240 g/mol. The largest absolute Gasteiger partial charge is 0.338 e. The van der Waals surface area contributed by atoms with Crippen LogP contribution in [0.1, 0.15) is 19.3 Å². The quantitative estimate of drug-likeness (QED) is 0.685. The molecule has 0 bridgehead atoms. The molecule has 2 saturated heterocycles. The van der Waals surface area contributed by atoms with Crippen LogP contribution in [0.5, 0.6) is 0 Å². The van der Waals surface area contributed by atoms with Crippen molar-refractivity contribution in [1.29, 1.82) is 0 Å². The summed E-state index contributed by atoms with van der Waals surface area (Å²) in [7, 11) is 0. The van der Waals surface area contributed by atoms with Crippen LogP contribution in [-0.2, 0) is 0 Å². The molecule has 2 amide bonds. The molecular weight excluding hydrogens is 216 g/mol. The molecule has 2 aliphatic heterocycles. The standard InChI is InChI=1S/C12H24N4O/c17-12(16-8-1-2-9-16)14-4-3-7-15-10-5-13-6-11-15/h13H,1-11H2,(H,14,17). The van der Waals surface area contributed by atoms with Crippen molar-refractivity contribution in [3.05, 3.63) is 0 Å². The number of nitrogens with zero attached hydrogens (tertiary/aromatic N) is 2. The molecule has 0 spiro atoms. The van der Waals surface area contributed by atoms with Crippen molar-refractivity contribution in [3.63, 3.8) is 0 Å². The molecule has 0 aliphatic carbocycles. The summed E-state index contributed by atoms with van der Waals surface area (Å²) in [5.74, 6) is 0. The van der Waals surface area contributed by atoms with Crippen LogP contribution in [0.3, 0.4) is 0 Å². The van der Waals surface area contributed by atoms with Crippen LogP contribution in [-0.4, -0.2) is 68.2 Å². The predicted molar refractivity (Wildman–Crippen MR) is 68.1 cm³/mol. The molecule has 0 radical (unpaired) electrons. The van der Waals surface area contributed by atoms with Gasteiger partial charge in [0.05, 0.1) is 0 Å². The van der Waals surface area contributed by atoms with Gasteiger partial charge in [-0.2, -0.15) is 0 Å². The summed E-state index contributed by atoms with van der Waals surface area (Å²) in [4.78, 5) is 16.1. The van der Waals surface area contributed by atoms with E-state index in [0.29, 0.717) is 0 Å². The second-order valence-corrected chi connectivity index (χ2v) is 4.87. The summed E-state index contributed by atoms with van der Waals surface area (Å²) in [5.41, 5.74) is 0. The Morgan fingerprint density at radius 2 is 1.82 bits per heavy atom. The van der Waals surface area contributed by atoms with Crippen LogP contribution in [0.2, 0.25) is 0 Å². The number of piperazine rings is 1. The molecule has 0 saturated carbocycles. The lowest BCUT2D eigenvalue weighted by atomic mass is 10.3. The summed E-state index contributed by atoms with van der Waals surface area (Å²) in [6.07, 6.45) is 3.38. The molecule has 5 heteroatoms. The van der Waals surface area contributed by atoms with E-state index in [2.05, 4.69) is 15.5 Å². The highest BCUT2D eigenvalue weighted by atomic mass is 16.2. The summed E-state index contributed by atoms with van der Waals surface area (Å²) < 4.78 is 0. The Bertz CT molecular complexity index is 235. The van der Waals surface area contributed by atoms with Crippen LogP contribution in [0.25, 0.3) is 0 Å². The number of likely N-dealkylation sites (tertiary alicyclic amines) is 1. The molecule has 2 heterocycles. The van der Waals surface area contributed by atoms with Crippen LogP contribution >= 0.6 is 0 Å². The first-order valence-corrected chi connectivity index (χ1v) is 6.82. The molecule has 0 aromatic heterocycles. The zero-order valence-corrected chi connectivity index (χ0v) is 10.6. The third-order valence-corrected chi connectivity index (χ3v) is 3.53. The van der Waals surface area contributed by atoms with Gasteiger partial charge in [-0.05, 0) is 25.8 Å². The van der Waals surface area contributed by atoms with Crippen molar-refractivity contribution in [2.75, 3.05) is 52.4 Å². The van der Waals surface area contributed by atoms with Crippen molar-refractivity contribution in [2.24, 2.45) is 0 Å². The molecule has 2 N–H and O–H groups in total. The zero-order valence-electron chi connectivity index (χ0n) is 10.6. The van der Waals surface area contributed by atoms with E-state index in [9.17, 15) is 4.79 Å². The van der Waals surface area contributed by atoms with Crippen LogP contribution in [0, 0.1) is 0 Å². The lowest BCUT2D eigenvalue weighted by Crippen LogP contribution is -2.44. The highest BCUT2D eigenvalue weighted by Crippen LogP contribution is 2.06. The van der Waals surface area contributed by atoms with Gasteiger partial charge in [-0.15, -0.1) is 0 Å². The van der Waals surface area contributed by atoms with Crippen molar-refractivity contribution in [3.8, 4) is 0 Å². The van der Waals surface area contributed by atoms with E-state index in [4.69, 9.17) is 0 Å². The zero-order chi connectivity index (χ0) is 11.9. The topological polar surface area (TPSA) is 47.6 Å². The van der Waals surface area contributed by atoms with E-state index < -0.39 is 0 Å². The molecule has 2 fully saturated rings. The number of carbonyl (C=O) groups is 1. The first-order valence-electron chi connectivity index (χ1n) is 6.82. The third-order valence-electron chi connectivity index (χ3n) is 3.53. The molecule has 98 valence electrons. The van der Waals surface area contributed by atoms with E-state index in [1.54, 1.807) is 0 Å². The molecular formula is C12H24N4O. The number of hydrogen-bond donors (Lipinski definition) is 2. The third kappa shape index (κ3) is 4.16. The van der Waals surface area contributed by atoms with Gasteiger partial charge < -0.3 is 20.4 Å². The summed E-state index contributed by atoms with van der Waals surface area (Å²) >= 11 is 0. The Kier molecular flexibility index (Phi) is 5.07. The van der Waals surface area contributed by atoms with Crippen LogP contribution < -0.4 is 10.6 Å².